The van der Waals surface area contributed by atoms with Crippen molar-refractivity contribution in [3.8, 4) is 11.1 Å². The minimum atomic E-state index is -0.979. The molecule has 1 aliphatic carbocycles. The van der Waals surface area contributed by atoms with Crippen LogP contribution in [0.3, 0.4) is 0 Å². The topological polar surface area (TPSA) is 0 Å². The molecule has 0 radical (unpaired) electrons. The molecular formula is C21H24Cl2. The van der Waals surface area contributed by atoms with Crippen LogP contribution in [-0.2, 0) is 15.2 Å². The van der Waals surface area contributed by atoms with Gasteiger partial charge in [0.15, 0.2) is 4.33 Å². The molecule has 0 aliphatic heterocycles. The highest BCUT2D eigenvalue weighted by Crippen LogP contribution is 2.55. The van der Waals surface area contributed by atoms with E-state index in [-0.39, 0.29) is 10.8 Å². The first-order valence-electron chi connectivity index (χ1n) is 8.10. The average molecular weight is 347 g/mol. The fraction of sp³-hybridized carbons (Fsp3) is 0.429. The van der Waals surface area contributed by atoms with E-state index in [1.54, 1.807) is 0 Å². The highest BCUT2D eigenvalue weighted by molar-refractivity contribution is 6.51. The van der Waals surface area contributed by atoms with Crippen LogP contribution < -0.4 is 0 Å². The van der Waals surface area contributed by atoms with Gasteiger partial charge in [-0.1, -0.05) is 101 Å². The first-order valence-corrected chi connectivity index (χ1v) is 8.86. The van der Waals surface area contributed by atoms with Crippen LogP contribution in [0.15, 0.2) is 36.4 Å². The molecule has 2 heteroatoms. The zero-order valence-electron chi connectivity index (χ0n) is 14.7. The normalized spacial score (nSPS) is 16.2. The Kier molecular flexibility index (Phi) is 3.67. The van der Waals surface area contributed by atoms with E-state index in [1.807, 2.05) is 0 Å². The molecule has 0 saturated carbocycles. The Balaban J connectivity index is 2.22. The van der Waals surface area contributed by atoms with E-state index >= 15 is 0 Å². The van der Waals surface area contributed by atoms with Gasteiger partial charge in [0.2, 0.25) is 0 Å². The number of benzene rings is 2. The van der Waals surface area contributed by atoms with Gasteiger partial charge in [-0.05, 0) is 33.1 Å². The molecule has 0 atom stereocenters. The third kappa shape index (κ3) is 2.71. The zero-order valence-corrected chi connectivity index (χ0v) is 16.2. The highest BCUT2D eigenvalue weighted by atomic mass is 35.5. The Bertz CT molecular complexity index is 706. The monoisotopic (exact) mass is 346 g/mol. The second kappa shape index (κ2) is 5.01. The maximum absolute atomic E-state index is 6.84. The number of hydrogen-bond acceptors (Lipinski definition) is 0. The summed E-state index contributed by atoms with van der Waals surface area (Å²) < 4.78 is -0.979. The zero-order chi connectivity index (χ0) is 17.2. The van der Waals surface area contributed by atoms with Crippen LogP contribution in [-0.4, -0.2) is 0 Å². The lowest BCUT2D eigenvalue weighted by Crippen LogP contribution is -2.15. The van der Waals surface area contributed by atoms with Gasteiger partial charge in [-0.3, -0.25) is 0 Å². The number of halogens is 2. The molecule has 0 nitrogen and oxygen atoms in total. The van der Waals surface area contributed by atoms with Crippen molar-refractivity contribution in [3.05, 3.63) is 58.7 Å². The first-order chi connectivity index (χ1) is 10.4. The van der Waals surface area contributed by atoms with E-state index in [1.165, 1.54) is 11.1 Å². The van der Waals surface area contributed by atoms with Gasteiger partial charge in [-0.25, -0.2) is 0 Å². The minimum absolute atomic E-state index is 0.0736. The van der Waals surface area contributed by atoms with Crippen LogP contribution in [0, 0.1) is 0 Å². The standard InChI is InChI=1S/C21H24Cl2/c1-19(2,3)13-7-9-15-16-10-8-14(20(4,5)6)12-18(16)21(22,23)17(15)11-13/h7-12H,1-6H3. The van der Waals surface area contributed by atoms with Gasteiger partial charge >= 0.3 is 0 Å². The number of rotatable bonds is 0. The molecule has 0 heterocycles. The van der Waals surface area contributed by atoms with Gasteiger partial charge in [-0.15, -0.1) is 0 Å². The van der Waals surface area contributed by atoms with Crippen molar-refractivity contribution in [1.29, 1.82) is 0 Å². The van der Waals surface area contributed by atoms with Gasteiger partial charge in [0.05, 0.1) is 0 Å². The Morgan fingerprint density at radius 3 is 1.30 bits per heavy atom. The average Bonchev–Trinajstić information content (AvgIpc) is 2.65. The first kappa shape index (κ1) is 16.9. The Morgan fingerprint density at radius 1 is 0.652 bits per heavy atom. The molecule has 0 bridgehead atoms. The summed E-state index contributed by atoms with van der Waals surface area (Å²) in [5, 5.41) is 0. The van der Waals surface area contributed by atoms with E-state index in [9.17, 15) is 0 Å². The molecule has 2 aromatic rings. The van der Waals surface area contributed by atoms with Crippen molar-refractivity contribution < 1.29 is 0 Å². The van der Waals surface area contributed by atoms with E-state index in [4.69, 9.17) is 23.2 Å². The Hall–Kier alpha value is -0.980. The highest BCUT2D eigenvalue weighted by Gasteiger charge is 2.41. The van der Waals surface area contributed by atoms with Crippen molar-refractivity contribution >= 4 is 23.2 Å². The third-order valence-electron chi connectivity index (χ3n) is 4.74. The van der Waals surface area contributed by atoms with E-state index in [0.717, 1.165) is 22.3 Å². The van der Waals surface area contributed by atoms with Gasteiger partial charge < -0.3 is 0 Å². The predicted octanol–water partition coefficient (Wildman–Crippen LogP) is 6.94. The molecule has 23 heavy (non-hydrogen) atoms. The largest absolute Gasteiger partial charge is 0.169 e. The van der Waals surface area contributed by atoms with Crippen molar-refractivity contribution in [2.75, 3.05) is 0 Å². The quantitative estimate of drug-likeness (QED) is 0.453. The summed E-state index contributed by atoms with van der Waals surface area (Å²) in [6, 6.07) is 13.1. The molecule has 1 aliphatic rings. The van der Waals surface area contributed by atoms with Crippen LogP contribution >= 0.6 is 23.2 Å². The van der Waals surface area contributed by atoms with Gasteiger partial charge in [-0.2, -0.15) is 0 Å². The van der Waals surface area contributed by atoms with Crippen LogP contribution in [0.1, 0.15) is 63.8 Å². The number of fused-ring (bicyclic) bond motifs is 3. The van der Waals surface area contributed by atoms with E-state index in [2.05, 4.69) is 77.9 Å². The predicted molar refractivity (Wildman–Crippen MR) is 102 cm³/mol. The van der Waals surface area contributed by atoms with Crippen molar-refractivity contribution in [2.45, 2.75) is 56.7 Å². The Labute approximate surface area is 149 Å². The number of alkyl halides is 2. The fourth-order valence-electron chi connectivity index (χ4n) is 3.16. The summed E-state index contributed by atoms with van der Waals surface area (Å²) in [6.45, 7) is 13.2. The van der Waals surface area contributed by atoms with Crippen molar-refractivity contribution in [3.63, 3.8) is 0 Å². The van der Waals surface area contributed by atoms with Gasteiger partial charge in [0.1, 0.15) is 0 Å². The van der Waals surface area contributed by atoms with Crippen molar-refractivity contribution in [1.82, 2.24) is 0 Å². The smallest absolute Gasteiger partial charge is 0.0909 e. The molecule has 3 rings (SSSR count). The molecule has 122 valence electrons. The summed E-state index contributed by atoms with van der Waals surface area (Å²) in [7, 11) is 0. The summed E-state index contributed by atoms with van der Waals surface area (Å²) in [6.07, 6.45) is 0. The third-order valence-corrected chi connectivity index (χ3v) is 5.55. The molecule has 0 fully saturated rings. The summed E-state index contributed by atoms with van der Waals surface area (Å²) in [5.74, 6) is 0. The molecule has 0 aromatic heterocycles. The molecule has 2 aromatic carbocycles. The number of hydrogen-bond donors (Lipinski definition) is 0. The van der Waals surface area contributed by atoms with Crippen LogP contribution in [0.25, 0.3) is 11.1 Å². The van der Waals surface area contributed by atoms with Crippen molar-refractivity contribution in [2.24, 2.45) is 0 Å². The van der Waals surface area contributed by atoms with Gasteiger partial charge in [0, 0.05) is 11.1 Å². The van der Waals surface area contributed by atoms with Crippen LogP contribution in [0.2, 0.25) is 0 Å². The fourth-order valence-corrected chi connectivity index (χ4v) is 3.78. The second-order valence-corrected chi connectivity index (χ2v) is 9.92. The summed E-state index contributed by atoms with van der Waals surface area (Å²) in [5.41, 5.74) is 6.98. The van der Waals surface area contributed by atoms with E-state index < -0.39 is 4.33 Å². The van der Waals surface area contributed by atoms with Crippen LogP contribution in [0.4, 0.5) is 0 Å². The molecular weight excluding hydrogens is 323 g/mol. The second-order valence-electron chi connectivity index (χ2n) is 8.60. The lowest BCUT2D eigenvalue weighted by Gasteiger charge is -2.23. The van der Waals surface area contributed by atoms with Gasteiger partial charge in [0.25, 0.3) is 0 Å². The SMILES string of the molecule is CC(C)(C)c1ccc2c(c1)C(Cl)(Cl)c1cc(C(C)(C)C)ccc1-2. The molecule has 0 amide bonds. The maximum Gasteiger partial charge on any atom is 0.169 e. The lowest BCUT2D eigenvalue weighted by atomic mass is 9.85. The minimum Gasteiger partial charge on any atom is -0.0909 e. The molecule has 0 N–H and O–H groups in total. The summed E-state index contributed by atoms with van der Waals surface area (Å²) in [4.78, 5) is 0. The molecule has 0 saturated heterocycles. The summed E-state index contributed by atoms with van der Waals surface area (Å²) >= 11 is 13.7. The van der Waals surface area contributed by atoms with E-state index in [0.29, 0.717) is 0 Å². The maximum atomic E-state index is 6.84. The lowest BCUT2D eigenvalue weighted by molar-refractivity contribution is 0.589. The Morgan fingerprint density at radius 2 is 1.00 bits per heavy atom. The van der Waals surface area contributed by atoms with Crippen LogP contribution in [0.5, 0.6) is 0 Å². The molecule has 0 spiro atoms. The molecule has 0 unspecified atom stereocenters.